The van der Waals surface area contributed by atoms with Crippen molar-refractivity contribution in [2.75, 3.05) is 29.1 Å². The van der Waals surface area contributed by atoms with Crippen molar-refractivity contribution in [3.05, 3.63) is 42.2 Å². The molecule has 1 N–H and O–H groups in total. The highest BCUT2D eigenvalue weighted by Crippen LogP contribution is 2.35. The number of hydrogen-bond donors (Lipinski definition) is 1. The predicted octanol–water partition coefficient (Wildman–Crippen LogP) is 4.07. The van der Waals surface area contributed by atoms with E-state index in [0.29, 0.717) is 23.9 Å². The molecule has 0 aliphatic carbocycles. The zero-order chi connectivity index (χ0) is 19.2. The molecule has 0 fully saturated rings. The van der Waals surface area contributed by atoms with Gasteiger partial charge in [0.15, 0.2) is 5.16 Å². The first-order valence-corrected chi connectivity index (χ1v) is 8.99. The molecule has 5 nitrogen and oxygen atoms in total. The van der Waals surface area contributed by atoms with E-state index in [4.69, 9.17) is 0 Å². The minimum Gasteiger partial charge on any atom is -0.370 e. The first kappa shape index (κ1) is 20.0. The number of carbonyl (C=O) groups excluding carboxylic acids is 1. The molecule has 0 unspecified atom stereocenters. The molecule has 2 rings (SSSR count). The van der Waals surface area contributed by atoms with Crippen molar-refractivity contribution >= 4 is 29.0 Å². The molecular formula is C17H19F3N4OS. The minimum atomic E-state index is -4.48. The number of amides is 1. The number of hydrogen-bond acceptors (Lipinski definition) is 5. The molecule has 0 saturated carbocycles. The molecular weight excluding hydrogens is 365 g/mol. The molecule has 1 aromatic carbocycles. The molecule has 0 radical (unpaired) electrons. The van der Waals surface area contributed by atoms with E-state index in [1.807, 2.05) is 18.7 Å². The third-order valence-electron chi connectivity index (χ3n) is 3.58. The zero-order valence-electron chi connectivity index (χ0n) is 14.4. The Bertz CT molecular complexity index is 737. The van der Waals surface area contributed by atoms with Crippen LogP contribution in [0.4, 0.5) is 24.5 Å². The molecule has 1 heterocycles. The summed E-state index contributed by atoms with van der Waals surface area (Å²) in [6, 6.07) is 5.03. The normalized spacial score (nSPS) is 11.3. The van der Waals surface area contributed by atoms with Gasteiger partial charge >= 0.3 is 6.18 Å². The highest BCUT2D eigenvalue weighted by Gasteiger charge is 2.31. The van der Waals surface area contributed by atoms with E-state index in [0.717, 1.165) is 23.9 Å². The van der Waals surface area contributed by atoms with Crippen molar-refractivity contribution in [1.29, 1.82) is 0 Å². The van der Waals surface area contributed by atoms with Gasteiger partial charge in [-0.05, 0) is 38.1 Å². The van der Waals surface area contributed by atoms with Crippen LogP contribution in [0.1, 0.15) is 19.4 Å². The average molecular weight is 384 g/mol. The fourth-order valence-electron chi connectivity index (χ4n) is 2.33. The van der Waals surface area contributed by atoms with Crippen molar-refractivity contribution in [2.45, 2.75) is 25.2 Å². The Labute approximate surface area is 154 Å². The van der Waals surface area contributed by atoms with E-state index in [1.54, 1.807) is 18.5 Å². The lowest BCUT2D eigenvalue weighted by atomic mass is 10.1. The summed E-state index contributed by atoms with van der Waals surface area (Å²) >= 11 is 1.11. The highest BCUT2D eigenvalue weighted by molar-refractivity contribution is 7.99. The Morgan fingerprint density at radius 3 is 2.42 bits per heavy atom. The summed E-state index contributed by atoms with van der Waals surface area (Å²) < 4.78 is 39.1. The second-order valence-corrected chi connectivity index (χ2v) is 6.21. The van der Waals surface area contributed by atoms with Gasteiger partial charge in [0, 0.05) is 25.5 Å². The van der Waals surface area contributed by atoms with Crippen LogP contribution in [0.5, 0.6) is 0 Å². The quantitative estimate of drug-likeness (QED) is 0.576. The lowest BCUT2D eigenvalue weighted by Gasteiger charge is -2.25. The van der Waals surface area contributed by atoms with Gasteiger partial charge < -0.3 is 10.2 Å². The van der Waals surface area contributed by atoms with Gasteiger partial charge in [0.25, 0.3) is 0 Å². The number of benzene rings is 1. The SMILES string of the molecule is CCN(CC)c1ccc(C(F)(F)F)cc1NC(=O)CSc1ncccn1. The maximum Gasteiger partial charge on any atom is 0.416 e. The Balaban J connectivity index is 2.19. The average Bonchev–Trinajstić information content (AvgIpc) is 2.62. The summed E-state index contributed by atoms with van der Waals surface area (Å²) in [6.07, 6.45) is -1.37. The van der Waals surface area contributed by atoms with Gasteiger partial charge in [0.1, 0.15) is 0 Å². The van der Waals surface area contributed by atoms with Crippen molar-refractivity contribution in [2.24, 2.45) is 0 Å². The molecule has 0 bridgehead atoms. The maximum atomic E-state index is 13.0. The summed E-state index contributed by atoms with van der Waals surface area (Å²) in [5.41, 5.74) is -0.108. The Morgan fingerprint density at radius 1 is 1.19 bits per heavy atom. The molecule has 1 aromatic heterocycles. The van der Waals surface area contributed by atoms with Crippen LogP contribution >= 0.6 is 11.8 Å². The maximum absolute atomic E-state index is 13.0. The number of nitrogens with zero attached hydrogens (tertiary/aromatic N) is 3. The van der Waals surface area contributed by atoms with Crippen LogP contribution < -0.4 is 10.2 Å². The van der Waals surface area contributed by atoms with Crippen LogP contribution in [0.3, 0.4) is 0 Å². The van der Waals surface area contributed by atoms with Crippen LogP contribution in [0.15, 0.2) is 41.8 Å². The monoisotopic (exact) mass is 384 g/mol. The van der Waals surface area contributed by atoms with Gasteiger partial charge in [0.05, 0.1) is 22.7 Å². The highest BCUT2D eigenvalue weighted by atomic mass is 32.2. The van der Waals surface area contributed by atoms with Gasteiger partial charge in [-0.15, -0.1) is 0 Å². The number of alkyl halides is 3. The first-order chi connectivity index (χ1) is 12.3. The topological polar surface area (TPSA) is 58.1 Å². The fourth-order valence-corrected chi connectivity index (χ4v) is 2.93. The van der Waals surface area contributed by atoms with Crippen LogP contribution in [-0.4, -0.2) is 34.7 Å². The second kappa shape index (κ2) is 8.88. The standard InChI is InChI=1S/C17H19F3N4OS/c1-3-24(4-2)14-7-6-12(17(18,19)20)10-13(14)23-15(25)11-26-16-21-8-5-9-22-16/h5-10H,3-4,11H2,1-2H3,(H,23,25). The van der Waals surface area contributed by atoms with Gasteiger partial charge in [0.2, 0.25) is 5.91 Å². The first-order valence-electron chi connectivity index (χ1n) is 8.01. The van der Waals surface area contributed by atoms with Crippen LogP contribution in [-0.2, 0) is 11.0 Å². The lowest BCUT2D eigenvalue weighted by molar-refractivity contribution is -0.137. The van der Waals surface area contributed by atoms with E-state index in [2.05, 4.69) is 15.3 Å². The Kier molecular flexibility index (Phi) is 6.84. The van der Waals surface area contributed by atoms with Gasteiger partial charge in [-0.2, -0.15) is 13.2 Å². The fraction of sp³-hybridized carbons (Fsp3) is 0.353. The summed E-state index contributed by atoms with van der Waals surface area (Å²) in [7, 11) is 0. The molecule has 0 spiro atoms. The Morgan fingerprint density at radius 2 is 1.85 bits per heavy atom. The zero-order valence-corrected chi connectivity index (χ0v) is 15.2. The van der Waals surface area contributed by atoms with Gasteiger partial charge in [-0.1, -0.05) is 11.8 Å². The number of aromatic nitrogens is 2. The van der Waals surface area contributed by atoms with Crippen molar-refractivity contribution in [3.63, 3.8) is 0 Å². The van der Waals surface area contributed by atoms with E-state index < -0.39 is 17.6 Å². The molecule has 0 saturated heterocycles. The summed E-state index contributed by atoms with van der Waals surface area (Å²) in [4.78, 5) is 22.1. The third kappa shape index (κ3) is 5.35. The third-order valence-corrected chi connectivity index (χ3v) is 4.45. The van der Waals surface area contributed by atoms with E-state index in [9.17, 15) is 18.0 Å². The van der Waals surface area contributed by atoms with Crippen LogP contribution in [0.25, 0.3) is 0 Å². The number of nitrogens with one attached hydrogen (secondary N) is 1. The summed E-state index contributed by atoms with van der Waals surface area (Å²) in [5.74, 6) is -0.423. The molecule has 0 aliphatic rings. The number of rotatable bonds is 7. The Hall–Kier alpha value is -2.29. The number of anilines is 2. The smallest absolute Gasteiger partial charge is 0.370 e. The number of carbonyl (C=O) groups is 1. The van der Waals surface area contributed by atoms with Crippen molar-refractivity contribution < 1.29 is 18.0 Å². The minimum absolute atomic E-state index is 0.00203. The summed E-state index contributed by atoms with van der Waals surface area (Å²) in [5, 5.41) is 3.01. The molecule has 9 heteroatoms. The lowest BCUT2D eigenvalue weighted by Crippen LogP contribution is -2.25. The van der Waals surface area contributed by atoms with E-state index in [-0.39, 0.29) is 11.4 Å². The van der Waals surface area contributed by atoms with Crippen LogP contribution in [0.2, 0.25) is 0 Å². The molecule has 1 amide bonds. The number of halogens is 3. The largest absolute Gasteiger partial charge is 0.416 e. The predicted molar refractivity (Wildman–Crippen MR) is 96.4 cm³/mol. The van der Waals surface area contributed by atoms with E-state index >= 15 is 0 Å². The molecule has 2 aromatic rings. The van der Waals surface area contributed by atoms with Gasteiger partial charge in [-0.3, -0.25) is 4.79 Å². The van der Waals surface area contributed by atoms with Gasteiger partial charge in [-0.25, -0.2) is 9.97 Å². The molecule has 26 heavy (non-hydrogen) atoms. The summed E-state index contributed by atoms with van der Waals surface area (Å²) in [6.45, 7) is 5.01. The van der Waals surface area contributed by atoms with Crippen molar-refractivity contribution in [1.82, 2.24) is 9.97 Å². The van der Waals surface area contributed by atoms with Crippen molar-refractivity contribution in [3.8, 4) is 0 Å². The molecule has 140 valence electrons. The number of thioether (sulfide) groups is 1. The second-order valence-electron chi connectivity index (χ2n) is 5.27. The van der Waals surface area contributed by atoms with E-state index in [1.165, 1.54) is 6.07 Å². The van der Waals surface area contributed by atoms with Crippen LogP contribution in [0, 0.1) is 0 Å². The molecule has 0 atom stereocenters. The molecule has 0 aliphatic heterocycles.